The maximum absolute atomic E-state index is 4.39. The van der Waals surface area contributed by atoms with E-state index in [4.69, 9.17) is 0 Å². The van der Waals surface area contributed by atoms with Gasteiger partial charge in [-0.2, -0.15) is 12.6 Å². The second kappa shape index (κ2) is 3.08. The molecule has 1 aliphatic carbocycles. The normalized spacial score (nSPS) is 19.2. The van der Waals surface area contributed by atoms with E-state index in [0.717, 1.165) is 5.75 Å². The van der Waals surface area contributed by atoms with Gasteiger partial charge in [-0.1, -0.05) is 28.1 Å². The molecule has 0 amide bonds. The summed E-state index contributed by atoms with van der Waals surface area (Å²) in [5, 5.41) is 0. The van der Waals surface area contributed by atoms with E-state index in [-0.39, 0.29) is 0 Å². The molecule has 12 heavy (non-hydrogen) atoms. The molecule has 1 fully saturated rings. The van der Waals surface area contributed by atoms with Crippen LogP contribution in [-0.4, -0.2) is 5.75 Å². The summed E-state index contributed by atoms with van der Waals surface area (Å²) < 4.78 is 1.17. The molecule has 64 valence electrons. The van der Waals surface area contributed by atoms with Crippen molar-refractivity contribution in [2.24, 2.45) is 0 Å². The molecular formula is C10H11BrS. The summed E-state index contributed by atoms with van der Waals surface area (Å²) in [7, 11) is 0. The molecule has 1 aromatic carbocycles. The Morgan fingerprint density at radius 3 is 2.67 bits per heavy atom. The molecule has 2 heteroatoms. The second-order valence-electron chi connectivity index (χ2n) is 3.45. The highest BCUT2D eigenvalue weighted by atomic mass is 79.9. The van der Waals surface area contributed by atoms with Gasteiger partial charge in [0.1, 0.15) is 0 Å². The third kappa shape index (κ3) is 1.42. The summed E-state index contributed by atoms with van der Waals surface area (Å²) in [6, 6.07) is 8.58. The van der Waals surface area contributed by atoms with Gasteiger partial charge in [0.15, 0.2) is 0 Å². The zero-order valence-corrected chi connectivity index (χ0v) is 9.24. The Balaban J connectivity index is 2.34. The number of rotatable bonds is 2. The van der Waals surface area contributed by atoms with Gasteiger partial charge in [0.2, 0.25) is 0 Å². The molecule has 0 nitrogen and oxygen atoms in total. The number of halogens is 1. The first-order chi connectivity index (χ1) is 5.77. The van der Waals surface area contributed by atoms with Crippen molar-refractivity contribution in [3.05, 3.63) is 34.3 Å². The first-order valence-corrected chi connectivity index (χ1v) is 5.56. The van der Waals surface area contributed by atoms with Crippen LogP contribution in [0.4, 0.5) is 0 Å². The summed E-state index contributed by atoms with van der Waals surface area (Å²) >= 11 is 7.88. The Morgan fingerprint density at radius 2 is 2.17 bits per heavy atom. The third-order valence-electron chi connectivity index (χ3n) is 2.59. The highest BCUT2D eigenvalue weighted by molar-refractivity contribution is 9.10. The van der Waals surface area contributed by atoms with Crippen molar-refractivity contribution in [1.82, 2.24) is 0 Å². The van der Waals surface area contributed by atoms with Gasteiger partial charge in [0.25, 0.3) is 0 Å². The van der Waals surface area contributed by atoms with Crippen LogP contribution in [0.5, 0.6) is 0 Å². The lowest BCUT2D eigenvalue weighted by molar-refractivity contribution is 0.804. The highest BCUT2D eigenvalue weighted by Crippen LogP contribution is 2.49. The first kappa shape index (κ1) is 8.64. The lowest BCUT2D eigenvalue weighted by Crippen LogP contribution is -2.07. The SMILES string of the molecule is SCC1(c2cccc(Br)c2)CC1. The highest BCUT2D eigenvalue weighted by Gasteiger charge is 2.42. The van der Waals surface area contributed by atoms with Crippen molar-refractivity contribution >= 4 is 28.6 Å². The van der Waals surface area contributed by atoms with Crippen LogP contribution in [0.15, 0.2) is 28.7 Å². The lowest BCUT2D eigenvalue weighted by atomic mass is 9.99. The molecule has 0 aliphatic heterocycles. The molecule has 0 unspecified atom stereocenters. The summed E-state index contributed by atoms with van der Waals surface area (Å²) in [4.78, 5) is 0. The Bertz CT molecular complexity index is 292. The van der Waals surface area contributed by atoms with Crippen LogP contribution in [0.2, 0.25) is 0 Å². The molecule has 0 heterocycles. The average molecular weight is 243 g/mol. The maximum Gasteiger partial charge on any atom is 0.0178 e. The average Bonchev–Trinajstić information content (AvgIpc) is 2.84. The summed E-state index contributed by atoms with van der Waals surface area (Å²) in [6.07, 6.45) is 2.60. The van der Waals surface area contributed by atoms with Crippen LogP contribution in [0.3, 0.4) is 0 Å². The molecule has 0 bridgehead atoms. The third-order valence-corrected chi connectivity index (χ3v) is 3.69. The van der Waals surface area contributed by atoms with Gasteiger partial charge >= 0.3 is 0 Å². The van der Waals surface area contributed by atoms with Gasteiger partial charge in [0.05, 0.1) is 0 Å². The first-order valence-electron chi connectivity index (χ1n) is 4.14. The Morgan fingerprint density at radius 1 is 1.42 bits per heavy atom. The fraction of sp³-hybridized carbons (Fsp3) is 0.400. The van der Waals surface area contributed by atoms with E-state index in [2.05, 4.69) is 52.8 Å². The largest absolute Gasteiger partial charge is 0.178 e. The van der Waals surface area contributed by atoms with Gasteiger partial charge in [0, 0.05) is 9.89 Å². The molecule has 0 spiro atoms. The van der Waals surface area contributed by atoms with Gasteiger partial charge in [-0.3, -0.25) is 0 Å². The maximum atomic E-state index is 4.39. The van der Waals surface area contributed by atoms with Crippen molar-refractivity contribution < 1.29 is 0 Å². The van der Waals surface area contributed by atoms with E-state index in [1.807, 2.05) is 0 Å². The van der Waals surface area contributed by atoms with Crippen molar-refractivity contribution in [2.75, 3.05) is 5.75 Å². The standard InChI is InChI=1S/C10H11BrS/c11-9-3-1-2-8(6-9)10(7-12)4-5-10/h1-3,6,12H,4-5,7H2. The van der Waals surface area contributed by atoms with E-state index < -0.39 is 0 Å². The number of thiol groups is 1. The Labute approximate surface area is 86.9 Å². The van der Waals surface area contributed by atoms with E-state index in [0.29, 0.717) is 5.41 Å². The predicted octanol–water partition coefficient (Wildman–Crippen LogP) is 3.41. The van der Waals surface area contributed by atoms with Crippen LogP contribution in [0.25, 0.3) is 0 Å². The monoisotopic (exact) mass is 242 g/mol. The Hall–Kier alpha value is 0.0500. The molecule has 1 aliphatic rings. The quantitative estimate of drug-likeness (QED) is 0.756. The zero-order valence-electron chi connectivity index (χ0n) is 6.76. The fourth-order valence-electron chi connectivity index (χ4n) is 1.51. The zero-order chi connectivity index (χ0) is 8.60. The van der Waals surface area contributed by atoms with Crippen molar-refractivity contribution in [3.8, 4) is 0 Å². The molecular weight excluding hydrogens is 232 g/mol. The van der Waals surface area contributed by atoms with Crippen LogP contribution in [-0.2, 0) is 5.41 Å². The van der Waals surface area contributed by atoms with Crippen molar-refractivity contribution in [1.29, 1.82) is 0 Å². The van der Waals surface area contributed by atoms with Gasteiger partial charge in [-0.15, -0.1) is 0 Å². The van der Waals surface area contributed by atoms with Gasteiger partial charge in [-0.05, 0) is 36.3 Å². The van der Waals surface area contributed by atoms with E-state index in [1.165, 1.54) is 22.9 Å². The molecule has 0 atom stereocenters. The topological polar surface area (TPSA) is 0 Å². The van der Waals surface area contributed by atoms with Gasteiger partial charge < -0.3 is 0 Å². The minimum Gasteiger partial charge on any atom is -0.178 e. The number of hydrogen-bond donors (Lipinski definition) is 1. The molecule has 1 aromatic rings. The molecule has 1 saturated carbocycles. The summed E-state index contributed by atoms with van der Waals surface area (Å²) in [5.41, 5.74) is 1.85. The van der Waals surface area contributed by atoms with E-state index in [1.54, 1.807) is 0 Å². The van der Waals surface area contributed by atoms with Crippen molar-refractivity contribution in [3.63, 3.8) is 0 Å². The minimum absolute atomic E-state index is 0.410. The van der Waals surface area contributed by atoms with Crippen LogP contribution >= 0.6 is 28.6 Å². The number of hydrogen-bond acceptors (Lipinski definition) is 1. The Kier molecular flexibility index (Phi) is 2.21. The summed E-state index contributed by atoms with van der Waals surface area (Å²) in [5.74, 6) is 0.976. The van der Waals surface area contributed by atoms with Crippen LogP contribution < -0.4 is 0 Å². The van der Waals surface area contributed by atoms with Crippen molar-refractivity contribution in [2.45, 2.75) is 18.3 Å². The molecule has 0 aromatic heterocycles. The number of benzene rings is 1. The van der Waals surface area contributed by atoms with E-state index in [9.17, 15) is 0 Å². The predicted molar refractivity (Wildman–Crippen MR) is 58.9 cm³/mol. The fourth-order valence-corrected chi connectivity index (χ4v) is 2.41. The minimum atomic E-state index is 0.410. The molecule has 0 N–H and O–H groups in total. The molecule has 2 rings (SSSR count). The van der Waals surface area contributed by atoms with Gasteiger partial charge in [-0.25, -0.2) is 0 Å². The second-order valence-corrected chi connectivity index (χ2v) is 4.68. The van der Waals surface area contributed by atoms with Crippen LogP contribution in [0, 0.1) is 0 Å². The van der Waals surface area contributed by atoms with Crippen LogP contribution in [0.1, 0.15) is 18.4 Å². The molecule has 0 radical (unpaired) electrons. The molecule has 0 saturated heterocycles. The summed E-state index contributed by atoms with van der Waals surface area (Å²) in [6.45, 7) is 0. The smallest absolute Gasteiger partial charge is 0.0178 e. The van der Waals surface area contributed by atoms with E-state index >= 15 is 0 Å². The lowest BCUT2D eigenvalue weighted by Gasteiger charge is -2.11.